The first-order valence-electron chi connectivity index (χ1n) is 6.27. The number of carbonyl (C=O) groups excluding carboxylic acids is 1. The van der Waals surface area contributed by atoms with Crippen LogP contribution in [0, 0.1) is 25.5 Å². The minimum Gasteiger partial charge on any atom is -0.377 e. The Bertz CT molecular complexity index is 653. The van der Waals surface area contributed by atoms with E-state index in [2.05, 4.69) is 5.32 Å². The molecule has 0 aliphatic carbocycles. The highest BCUT2D eigenvalue weighted by molar-refractivity contribution is 5.99. The van der Waals surface area contributed by atoms with Crippen molar-refractivity contribution in [3.8, 4) is 0 Å². The molecule has 20 heavy (non-hydrogen) atoms. The summed E-state index contributed by atoms with van der Waals surface area (Å²) in [6, 6.07) is 8.68. The highest BCUT2D eigenvalue weighted by Gasteiger charge is 2.13. The third kappa shape index (κ3) is 3.20. The lowest BCUT2D eigenvalue weighted by Crippen LogP contribution is -2.16. The molecule has 0 fully saturated rings. The number of hydrogen-bond acceptors (Lipinski definition) is 2. The molecule has 0 unspecified atom stereocenters. The van der Waals surface area contributed by atoms with Crippen LogP contribution in [0.5, 0.6) is 0 Å². The van der Waals surface area contributed by atoms with E-state index in [4.69, 9.17) is 0 Å². The highest BCUT2D eigenvalue weighted by atomic mass is 19.1. The first-order valence-corrected chi connectivity index (χ1v) is 6.27. The van der Waals surface area contributed by atoms with Crippen LogP contribution in [0.1, 0.15) is 21.5 Å². The molecule has 0 bridgehead atoms. The monoisotopic (exact) mass is 275 g/mol. The Morgan fingerprint density at radius 3 is 2.60 bits per heavy atom. The number of aryl methyl sites for hydroxylation is 2. The van der Waals surface area contributed by atoms with E-state index in [9.17, 15) is 13.6 Å². The number of ketones is 1. The van der Waals surface area contributed by atoms with Crippen LogP contribution in [0.4, 0.5) is 14.5 Å². The minimum absolute atomic E-state index is 0.0787. The fraction of sp³-hybridized carbons (Fsp3) is 0.188. The van der Waals surface area contributed by atoms with Crippen LogP contribution in [0.25, 0.3) is 0 Å². The van der Waals surface area contributed by atoms with Crippen LogP contribution < -0.4 is 5.32 Å². The quantitative estimate of drug-likeness (QED) is 0.858. The summed E-state index contributed by atoms with van der Waals surface area (Å²) in [5, 5.41) is 2.96. The van der Waals surface area contributed by atoms with Crippen molar-refractivity contribution in [2.75, 3.05) is 11.9 Å². The normalized spacial score (nSPS) is 10.4. The van der Waals surface area contributed by atoms with E-state index >= 15 is 0 Å². The van der Waals surface area contributed by atoms with Crippen molar-refractivity contribution < 1.29 is 13.6 Å². The van der Waals surface area contributed by atoms with Gasteiger partial charge in [0.25, 0.3) is 0 Å². The van der Waals surface area contributed by atoms with Gasteiger partial charge in [0.15, 0.2) is 5.78 Å². The minimum atomic E-state index is -0.709. The van der Waals surface area contributed by atoms with Gasteiger partial charge in [-0.05, 0) is 49.2 Å². The molecule has 0 saturated carbocycles. The van der Waals surface area contributed by atoms with Crippen molar-refractivity contribution in [1.82, 2.24) is 0 Å². The van der Waals surface area contributed by atoms with Gasteiger partial charge in [-0.1, -0.05) is 12.1 Å². The Balaban J connectivity index is 2.12. The lowest BCUT2D eigenvalue weighted by atomic mass is 10.1. The maximum absolute atomic E-state index is 13.5. The molecule has 0 aliphatic heterocycles. The maximum Gasteiger partial charge on any atom is 0.184 e. The van der Waals surface area contributed by atoms with Gasteiger partial charge in [0.1, 0.15) is 11.6 Å². The van der Waals surface area contributed by atoms with E-state index in [-0.39, 0.29) is 12.1 Å². The largest absolute Gasteiger partial charge is 0.377 e. The molecule has 2 nitrogen and oxygen atoms in total. The molecule has 1 N–H and O–H groups in total. The van der Waals surface area contributed by atoms with Gasteiger partial charge < -0.3 is 5.32 Å². The number of benzene rings is 2. The molecule has 104 valence electrons. The molecule has 0 amide bonds. The van der Waals surface area contributed by atoms with Crippen molar-refractivity contribution in [1.29, 1.82) is 0 Å². The third-order valence-corrected chi connectivity index (χ3v) is 3.06. The van der Waals surface area contributed by atoms with Gasteiger partial charge in [-0.15, -0.1) is 0 Å². The van der Waals surface area contributed by atoms with Crippen LogP contribution in [0.3, 0.4) is 0 Å². The first kappa shape index (κ1) is 14.2. The fourth-order valence-corrected chi connectivity index (χ4v) is 1.91. The molecule has 0 heterocycles. The summed E-state index contributed by atoms with van der Waals surface area (Å²) in [7, 11) is 0. The van der Waals surface area contributed by atoms with Crippen LogP contribution in [-0.4, -0.2) is 12.3 Å². The zero-order chi connectivity index (χ0) is 14.7. The summed E-state index contributed by atoms with van der Waals surface area (Å²) in [6.07, 6.45) is 0. The van der Waals surface area contributed by atoms with E-state index < -0.39 is 17.4 Å². The van der Waals surface area contributed by atoms with E-state index in [1.807, 2.05) is 32.0 Å². The lowest BCUT2D eigenvalue weighted by molar-refractivity contribution is 0.100. The van der Waals surface area contributed by atoms with Crippen molar-refractivity contribution >= 4 is 11.5 Å². The van der Waals surface area contributed by atoms with E-state index in [0.29, 0.717) is 0 Å². The molecule has 2 rings (SSSR count). The number of anilines is 1. The van der Waals surface area contributed by atoms with Gasteiger partial charge in [-0.3, -0.25) is 4.79 Å². The van der Waals surface area contributed by atoms with E-state index in [1.165, 1.54) is 0 Å². The van der Waals surface area contributed by atoms with Crippen molar-refractivity contribution in [3.05, 3.63) is 64.7 Å². The molecule has 2 aromatic rings. The summed E-state index contributed by atoms with van der Waals surface area (Å²) in [5.74, 6) is -1.82. The predicted molar refractivity (Wildman–Crippen MR) is 75.1 cm³/mol. The second kappa shape index (κ2) is 5.82. The van der Waals surface area contributed by atoms with Crippen LogP contribution in [-0.2, 0) is 0 Å². The second-order valence-electron chi connectivity index (χ2n) is 4.72. The number of hydrogen-bond donors (Lipinski definition) is 1. The topological polar surface area (TPSA) is 29.1 Å². The Hall–Kier alpha value is -2.23. The Morgan fingerprint density at radius 2 is 1.85 bits per heavy atom. The molecule has 0 saturated heterocycles. The Morgan fingerprint density at radius 1 is 1.10 bits per heavy atom. The summed E-state index contributed by atoms with van der Waals surface area (Å²) in [4.78, 5) is 11.9. The zero-order valence-electron chi connectivity index (χ0n) is 11.3. The summed E-state index contributed by atoms with van der Waals surface area (Å²) in [5.41, 5.74) is 2.63. The summed E-state index contributed by atoms with van der Waals surface area (Å²) in [6.45, 7) is 3.78. The fourth-order valence-electron chi connectivity index (χ4n) is 1.91. The van der Waals surface area contributed by atoms with Gasteiger partial charge in [0.05, 0.1) is 12.1 Å². The first-order chi connectivity index (χ1) is 9.47. The molecule has 0 aliphatic rings. The average molecular weight is 275 g/mol. The standard InChI is InChI=1S/C16H15F2NO/c1-10-3-4-11(2)15(7-10)19-9-16(20)13-8-12(17)5-6-14(13)18/h3-8,19H,9H2,1-2H3. The smallest absolute Gasteiger partial charge is 0.184 e. The van der Waals surface area contributed by atoms with Crippen LogP contribution in [0.2, 0.25) is 0 Å². The van der Waals surface area contributed by atoms with Gasteiger partial charge >= 0.3 is 0 Å². The molecular formula is C16H15F2NO. The van der Waals surface area contributed by atoms with Crippen LogP contribution in [0.15, 0.2) is 36.4 Å². The Kier molecular flexibility index (Phi) is 4.13. The zero-order valence-corrected chi connectivity index (χ0v) is 11.3. The van der Waals surface area contributed by atoms with E-state index in [0.717, 1.165) is 35.0 Å². The van der Waals surface area contributed by atoms with Crippen LogP contribution >= 0.6 is 0 Å². The van der Waals surface area contributed by atoms with Crippen molar-refractivity contribution in [3.63, 3.8) is 0 Å². The number of halogens is 2. The number of nitrogens with one attached hydrogen (secondary N) is 1. The average Bonchev–Trinajstić information content (AvgIpc) is 2.42. The van der Waals surface area contributed by atoms with Gasteiger partial charge in [-0.25, -0.2) is 8.78 Å². The van der Waals surface area contributed by atoms with Crippen molar-refractivity contribution in [2.24, 2.45) is 0 Å². The highest BCUT2D eigenvalue weighted by Crippen LogP contribution is 2.17. The number of carbonyl (C=O) groups is 1. The summed E-state index contributed by atoms with van der Waals surface area (Å²) >= 11 is 0. The molecule has 0 radical (unpaired) electrons. The van der Waals surface area contributed by atoms with E-state index in [1.54, 1.807) is 0 Å². The molecule has 4 heteroatoms. The van der Waals surface area contributed by atoms with Gasteiger partial charge in [0.2, 0.25) is 0 Å². The van der Waals surface area contributed by atoms with Gasteiger partial charge in [0, 0.05) is 5.69 Å². The maximum atomic E-state index is 13.5. The number of Topliss-reactive ketones (excluding diaryl/α,β-unsaturated/α-hetero) is 1. The second-order valence-corrected chi connectivity index (χ2v) is 4.72. The predicted octanol–water partition coefficient (Wildman–Crippen LogP) is 3.88. The van der Waals surface area contributed by atoms with Crippen molar-refractivity contribution in [2.45, 2.75) is 13.8 Å². The number of rotatable bonds is 4. The lowest BCUT2D eigenvalue weighted by Gasteiger charge is -2.10. The molecule has 0 spiro atoms. The Labute approximate surface area is 116 Å². The van der Waals surface area contributed by atoms with Gasteiger partial charge in [-0.2, -0.15) is 0 Å². The molecule has 0 atom stereocenters. The molecule has 0 aromatic heterocycles. The SMILES string of the molecule is Cc1ccc(C)c(NCC(=O)c2cc(F)ccc2F)c1. The summed E-state index contributed by atoms with van der Waals surface area (Å²) < 4.78 is 26.5. The third-order valence-electron chi connectivity index (χ3n) is 3.06. The molecule has 2 aromatic carbocycles. The molecular weight excluding hydrogens is 260 g/mol.